The first kappa shape index (κ1) is 19.5. The Morgan fingerprint density at radius 2 is 1.82 bits per heavy atom. The number of fused-ring (bicyclic) bond motifs is 1. The molecule has 0 heterocycles. The molecule has 1 N–H and O–H groups in total. The Morgan fingerprint density at radius 3 is 2.50 bits per heavy atom. The molecule has 0 radical (unpaired) electrons. The van der Waals surface area contributed by atoms with Crippen LogP contribution in [0.15, 0.2) is 66.2 Å². The maximum atomic E-state index is 12.6. The SMILES string of the molecule is CC(C)Oc1ccc2ccccc2c1/C=C(\C#N)C(=O)Nc1ccc(Cl)cc1. The zero-order chi connectivity index (χ0) is 20.1. The van der Waals surface area contributed by atoms with Crippen LogP contribution in [0.4, 0.5) is 5.69 Å². The lowest BCUT2D eigenvalue weighted by Crippen LogP contribution is -2.13. The Morgan fingerprint density at radius 1 is 1.11 bits per heavy atom. The predicted octanol–water partition coefficient (Wildman–Crippen LogP) is 5.83. The van der Waals surface area contributed by atoms with Gasteiger partial charge in [0.05, 0.1) is 6.10 Å². The number of benzene rings is 3. The molecule has 0 bridgehead atoms. The molecular formula is C23H19ClN2O2. The summed E-state index contributed by atoms with van der Waals surface area (Å²) < 4.78 is 5.91. The van der Waals surface area contributed by atoms with Gasteiger partial charge in [0.1, 0.15) is 17.4 Å². The molecule has 0 atom stereocenters. The van der Waals surface area contributed by atoms with Gasteiger partial charge in [-0.15, -0.1) is 0 Å². The van der Waals surface area contributed by atoms with Crippen LogP contribution >= 0.6 is 11.6 Å². The Balaban J connectivity index is 2.03. The smallest absolute Gasteiger partial charge is 0.266 e. The number of hydrogen-bond acceptors (Lipinski definition) is 3. The molecule has 3 aromatic carbocycles. The largest absolute Gasteiger partial charge is 0.490 e. The number of amides is 1. The summed E-state index contributed by atoms with van der Waals surface area (Å²) in [5.41, 5.74) is 1.25. The number of nitriles is 1. The number of halogens is 1. The first-order chi connectivity index (χ1) is 13.5. The third-order valence-electron chi connectivity index (χ3n) is 4.05. The van der Waals surface area contributed by atoms with E-state index in [-0.39, 0.29) is 11.7 Å². The second kappa shape index (κ2) is 8.60. The summed E-state index contributed by atoms with van der Waals surface area (Å²) in [6.45, 7) is 3.86. The van der Waals surface area contributed by atoms with Gasteiger partial charge in [0.2, 0.25) is 0 Å². The molecule has 0 aliphatic rings. The summed E-state index contributed by atoms with van der Waals surface area (Å²) >= 11 is 5.87. The van der Waals surface area contributed by atoms with Crippen LogP contribution in [0.2, 0.25) is 5.02 Å². The van der Waals surface area contributed by atoms with E-state index in [0.717, 1.165) is 10.8 Å². The van der Waals surface area contributed by atoms with Crippen LogP contribution in [0.25, 0.3) is 16.8 Å². The molecule has 5 heteroatoms. The number of nitrogens with one attached hydrogen (secondary N) is 1. The topological polar surface area (TPSA) is 62.1 Å². The average molecular weight is 391 g/mol. The number of rotatable bonds is 5. The highest BCUT2D eigenvalue weighted by molar-refractivity contribution is 6.30. The lowest BCUT2D eigenvalue weighted by atomic mass is 10.0. The van der Waals surface area contributed by atoms with Gasteiger partial charge in [0.25, 0.3) is 5.91 Å². The molecule has 0 saturated carbocycles. The maximum Gasteiger partial charge on any atom is 0.266 e. The van der Waals surface area contributed by atoms with Crippen molar-refractivity contribution in [3.8, 4) is 11.8 Å². The highest BCUT2D eigenvalue weighted by atomic mass is 35.5. The van der Waals surface area contributed by atoms with E-state index in [2.05, 4.69) is 5.32 Å². The van der Waals surface area contributed by atoms with Crippen LogP contribution in [0, 0.1) is 11.3 Å². The number of hydrogen-bond donors (Lipinski definition) is 1. The zero-order valence-electron chi connectivity index (χ0n) is 15.6. The molecule has 3 aromatic rings. The Labute approximate surface area is 169 Å². The quantitative estimate of drug-likeness (QED) is 0.440. The van der Waals surface area contributed by atoms with Gasteiger partial charge >= 0.3 is 0 Å². The van der Waals surface area contributed by atoms with Crippen molar-refractivity contribution in [2.75, 3.05) is 5.32 Å². The molecule has 0 aromatic heterocycles. The summed E-state index contributed by atoms with van der Waals surface area (Å²) in [4.78, 5) is 12.6. The van der Waals surface area contributed by atoms with Crippen molar-refractivity contribution in [3.63, 3.8) is 0 Å². The third kappa shape index (κ3) is 4.51. The Hall–Kier alpha value is -3.29. The number of nitrogens with zero attached hydrogens (tertiary/aromatic N) is 1. The summed E-state index contributed by atoms with van der Waals surface area (Å²) in [6.07, 6.45) is 1.53. The van der Waals surface area contributed by atoms with Crippen LogP contribution in [0.1, 0.15) is 19.4 Å². The molecule has 0 saturated heterocycles. The average Bonchev–Trinajstić information content (AvgIpc) is 2.68. The molecule has 0 aliphatic carbocycles. The van der Waals surface area contributed by atoms with E-state index in [4.69, 9.17) is 16.3 Å². The van der Waals surface area contributed by atoms with Crippen molar-refractivity contribution >= 4 is 40.0 Å². The minimum atomic E-state index is -0.492. The van der Waals surface area contributed by atoms with Crippen molar-refractivity contribution in [3.05, 3.63) is 76.8 Å². The molecule has 0 unspecified atom stereocenters. The first-order valence-electron chi connectivity index (χ1n) is 8.85. The highest BCUT2D eigenvalue weighted by Gasteiger charge is 2.14. The van der Waals surface area contributed by atoms with Gasteiger partial charge in [-0.25, -0.2) is 0 Å². The second-order valence-corrected chi connectivity index (χ2v) is 6.93. The van der Waals surface area contributed by atoms with E-state index in [0.29, 0.717) is 22.0 Å². The van der Waals surface area contributed by atoms with Crippen molar-refractivity contribution in [2.24, 2.45) is 0 Å². The lowest BCUT2D eigenvalue weighted by Gasteiger charge is -2.15. The normalized spacial score (nSPS) is 11.3. The zero-order valence-corrected chi connectivity index (χ0v) is 16.3. The van der Waals surface area contributed by atoms with E-state index < -0.39 is 5.91 Å². The summed E-state index contributed by atoms with van der Waals surface area (Å²) in [5.74, 6) is 0.133. The number of carbonyl (C=O) groups excluding carboxylic acids is 1. The van der Waals surface area contributed by atoms with Gasteiger partial charge in [-0.2, -0.15) is 5.26 Å². The molecule has 0 aliphatic heterocycles. The van der Waals surface area contributed by atoms with E-state index in [1.165, 1.54) is 0 Å². The minimum Gasteiger partial charge on any atom is -0.490 e. The van der Waals surface area contributed by atoms with Crippen LogP contribution in [0.5, 0.6) is 5.75 Å². The van der Waals surface area contributed by atoms with Gasteiger partial charge in [0.15, 0.2) is 0 Å². The van der Waals surface area contributed by atoms with Crippen LogP contribution in [0.3, 0.4) is 0 Å². The summed E-state index contributed by atoms with van der Waals surface area (Å²) in [5, 5.41) is 14.8. The van der Waals surface area contributed by atoms with Crippen molar-refractivity contribution in [1.82, 2.24) is 0 Å². The Bertz CT molecular complexity index is 1080. The lowest BCUT2D eigenvalue weighted by molar-refractivity contribution is -0.112. The molecule has 1 amide bonds. The fraction of sp³-hybridized carbons (Fsp3) is 0.130. The van der Waals surface area contributed by atoms with Gasteiger partial charge < -0.3 is 10.1 Å². The van der Waals surface area contributed by atoms with Crippen LogP contribution in [-0.4, -0.2) is 12.0 Å². The third-order valence-corrected chi connectivity index (χ3v) is 4.30. The van der Waals surface area contributed by atoms with Crippen molar-refractivity contribution < 1.29 is 9.53 Å². The fourth-order valence-electron chi connectivity index (χ4n) is 2.81. The van der Waals surface area contributed by atoms with E-state index in [1.807, 2.05) is 56.3 Å². The molecule has 140 valence electrons. The number of anilines is 1. The summed E-state index contributed by atoms with van der Waals surface area (Å²) in [7, 11) is 0. The summed E-state index contributed by atoms with van der Waals surface area (Å²) in [6, 6.07) is 20.3. The highest BCUT2D eigenvalue weighted by Crippen LogP contribution is 2.31. The standard InChI is InChI=1S/C23H19ClN2O2/c1-15(2)28-22-12-7-16-5-3-4-6-20(16)21(22)13-17(14-25)23(27)26-19-10-8-18(24)9-11-19/h3-13,15H,1-2H3,(H,26,27)/b17-13+. The predicted molar refractivity (Wildman–Crippen MR) is 113 cm³/mol. The molecule has 4 nitrogen and oxygen atoms in total. The van der Waals surface area contributed by atoms with E-state index >= 15 is 0 Å². The maximum absolute atomic E-state index is 12.6. The fourth-order valence-corrected chi connectivity index (χ4v) is 2.93. The molecule has 0 fully saturated rings. The first-order valence-corrected chi connectivity index (χ1v) is 9.23. The van der Waals surface area contributed by atoms with Gasteiger partial charge in [-0.3, -0.25) is 4.79 Å². The van der Waals surface area contributed by atoms with Crippen LogP contribution < -0.4 is 10.1 Å². The number of ether oxygens (including phenoxy) is 1. The minimum absolute atomic E-state index is 0.0140. The second-order valence-electron chi connectivity index (χ2n) is 6.50. The van der Waals surface area contributed by atoms with E-state index in [9.17, 15) is 10.1 Å². The van der Waals surface area contributed by atoms with Crippen molar-refractivity contribution in [2.45, 2.75) is 20.0 Å². The van der Waals surface area contributed by atoms with Gasteiger partial charge in [0, 0.05) is 16.3 Å². The Kier molecular flexibility index (Phi) is 5.98. The van der Waals surface area contributed by atoms with Gasteiger partial charge in [-0.05, 0) is 61.0 Å². The monoisotopic (exact) mass is 390 g/mol. The molecule has 0 spiro atoms. The number of carbonyl (C=O) groups is 1. The van der Waals surface area contributed by atoms with Gasteiger partial charge in [-0.1, -0.05) is 41.9 Å². The molecule has 28 heavy (non-hydrogen) atoms. The van der Waals surface area contributed by atoms with Crippen LogP contribution in [-0.2, 0) is 4.79 Å². The van der Waals surface area contributed by atoms with E-state index in [1.54, 1.807) is 30.3 Å². The molecular weight excluding hydrogens is 372 g/mol. The van der Waals surface area contributed by atoms with Crippen molar-refractivity contribution in [1.29, 1.82) is 5.26 Å². The molecule has 3 rings (SSSR count).